The molecule has 4 saturated carbocycles. The Kier molecular flexibility index (Phi) is 5.13. The molecule has 5 heteroatoms. The number of rotatable bonds is 4. The summed E-state index contributed by atoms with van der Waals surface area (Å²) < 4.78 is 0. The first kappa shape index (κ1) is 19.5. The normalized spacial score (nSPS) is 33.2. The summed E-state index contributed by atoms with van der Waals surface area (Å²) >= 11 is 1.60. The maximum Gasteiger partial charge on any atom is 0.233 e. The summed E-state index contributed by atoms with van der Waals surface area (Å²) in [5, 5.41) is 0. The Morgan fingerprint density at radius 2 is 1.41 bits per heavy atom. The first-order chi connectivity index (χ1) is 14.0. The quantitative estimate of drug-likeness (QED) is 0.703. The molecule has 1 aliphatic heterocycles. The van der Waals surface area contributed by atoms with Gasteiger partial charge in [0, 0.05) is 31.1 Å². The zero-order valence-electron chi connectivity index (χ0n) is 17.4. The molecule has 1 aromatic carbocycles. The van der Waals surface area contributed by atoms with Gasteiger partial charge < -0.3 is 9.80 Å². The van der Waals surface area contributed by atoms with Crippen molar-refractivity contribution in [3.05, 3.63) is 29.8 Å². The van der Waals surface area contributed by atoms with Gasteiger partial charge in [-0.25, -0.2) is 0 Å². The number of hydrogen-bond donors (Lipinski definition) is 0. The number of piperazine rings is 1. The number of hydrogen-bond acceptors (Lipinski definition) is 3. The minimum Gasteiger partial charge on any atom is -0.339 e. The van der Waals surface area contributed by atoms with Gasteiger partial charge in [0.1, 0.15) is 0 Å². The van der Waals surface area contributed by atoms with Gasteiger partial charge in [-0.05, 0) is 75.3 Å². The summed E-state index contributed by atoms with van der Waals surface area (Å²) in [5.41, 5.74) is 1.18. The van der Waals surface area contributed by atoms with E-state index < -0.39 is 0 Å². The smallest absolute Gasteiger partial charge is 0.233 e. The van der Waals surface area contributed by atoms with Crippen molar-refractivity contribution in [3.63, 3.8) is 0 Å². The van der Waals surface area contributed by atoms with Gasteiger partial charge in [0.05, 0.1) is 11.2 Å². The van der Waals surface area contributed by atoms with Crippen LogP contribution in [0.2, 0.25) is 0 Å². The molecule has 5 fully saturated rings. The van der Waals surface area contributed by atoms with Gasteiger partial charge >= 0.3 is 0 Å². The Hall–Kier alpha value is -1.49. The third kappa shape index (κ3) is 3.83. The molecular weight excluding hydrogens is 380 g/mol. The topological polar surface area (TPSA) is 40.6 Å². The second kappa shape index (κ2) is 7.64. The van der Waals surface area contributed by atoms with Crippen molar-refractivity contribution in [3.8, 4) is 0 Å². The molecule has 0 radical (unpaired) electrons. The number of carbonyl (C=O) groups is 2. The first-order valence-electron chi connectivity index (χ1n) is 11.3. The highest BCUT2D eigenvalue weighted by Crippen LogP contribution is 2.60. The van der Waals surface area contributed by atoms with Crippen LogP contribution in [0.3, 0.4) is 0 Å². The molecule has 1 heterocycles. The molecule has 29 heavy (non-hydrogen) atoms. The molecule has 0 atom stereocenters. The number of aryl methyl sites for hydroxylation is 1. The van der Waals surface area contributed by atoms with Crippen molar-refractivity contribution >= 4 is 23.6 Å². The highest BCUT2D eigenvalue weighted by molar-refractivity contribution is 8.00. The Bertz CT molecular complexity index is 747. The zero-order chi connectivity index (χ0) is 20.0. The van der Waals surface area contributed by atoms with Crippen LogP contribution in [0.15, 0.2) is 29.2 Å². The SMILES string of the molecule is Cc1ccc(SCC(=O)N2CCN(C(=O)C34CC5CC(CC(C5)C3)C4)CC2)cc1. The Labute approximate surface area is 178 Å². The fourth-order valence-corrected chi connectivity index (χ4v) is 7.54. The van der Waals surface area contributed by atoms with E-state index in [9.17, 15) is 9.59 Å². The molecule has 1 aromatic rings. The molecule has 2 amide bonds. The molecule has 0 unspecified atom stereocenters. The maximum absolute atomic E-state index is 13.5. The van der Waals surface area contributed by atoms with E-state index in [-0.39, 0.29) is 11.3 Å². The minimum absolute atomic E-state index is 0.0534. The average Bonchev–Trinajstić information content (AvgIpc) is 2.72. The molecule has 4 bridgehead atoms. The number of carbonyl (C=O) groups excluding carboxylic acids is 2. The molecule has 5 aliphatic rings. The molecule has 156 valence electrons. The van der Waals surface area contributed by atoms with E-state index in [1.807, 2.05) is 4.90 Å². The Morgan fingerprint density at radius 3 is 1.97 bits per heavy atom. The van der Waals surface area contributed by atoms with Crippen LogP contribution in [0.5, 0.6) is 0 Å². The van der Waals surface area contributed by atoms with Crippen LogP contribution in [0.25, 0.3) is 0 Å². The van der Waals surface area contributed by atoms with Crippen molar-refractivity contribution < 1.29 is 9.59 Å². The molecular formula is C24H32N2O2S. The second-order valence-electron chi connectivity index (χ2n) is 9.97. The molecule has 6 rings (SSSR count). The number of amides is 2. The molecule has 0 aromatic heterocycles. The molecule has 0 N–H and O–H groups in total. The number of nitrogens with zero attached hydrogens (tertiary/aromatic N) is 2. The lowest BCUT2D eigenvalue weighted by Crippen LogP contribution is -2.58. The molecule has 4 aliphatic carbocycles. The third-order valence-corrected chi connectivity index (χ3v) is 8.79. The first-order valence-corrected chi connectivity index (χ1v) is 12.3. The van der Waals surface area contributed by atoms with Crippen LogP contribution in [-0.2, 0) is 9.59 Å². The predicted molar refractivity (Wildman–Crippen MR) is 116 cm³/mol. The maximum atomic E-state index is 13.5. The summed E-state index contributed by atoms with van der Waals surface area (Å²) in [6.45, 7) is 4.86. The van der Waals surface area contributed by atoms with Crippen LogP contribution in [0, 0.1) is 30.1 Å². The van der Waals surface area contributed by atoms with E-state index in [4.69, 9.17) is 0 Å². The number of benzene rings is 1. The van der Waals surface area contributed by atoms with E-state index in [0.717, 1.165) is 41.9 Å². The van der Waals surface area contributed by atoms with Crippen LogP contribution < -0.4 is 0 Å². The van der Waals surface area contributed by atoms with E-state index in [1.165, 1.54) is 24.8 Å². The van der Waals surface area contributed by atoms with Crippen LogP contribution in [-0.4, -0.2) is 53.5 Å². The monoisotopic (exact) mass is 412 g/mol. The van der Waals surface area contributed by atoms with Gasteiger partial charge in [-0.1, -0.05) is 17.7 Å². The number of thioether (sulfide) groups is 1. The van der Waals surface area contributed by atoms with E-state index in [1.54, 1.807) is 11.8 Å². The lowest BCUT2D eigenvalue weighted by Gasteiger charge is -2.57. The van der Waals surface area contributed by atoms with Crippen LogP contribution >= 0.6 is 11.8 Å². The molecule has 4 nitrogen and oxygen atoms in total. The van der Waals surface area contributed by atoms with E-state index in [0.29, 0.717) is 37.8 Å². The third-order valence-electron chi connectivity index (χ3n) is 7.79. The van der Waals surface area contributed by atoms with Crippen molar-refractivity contribution in [1.29, 1.82) is 0 Å². The Morgan fingerprint density at radius 1 is 0.897 bits per heavy atom. The summed E-state index contributed by atoms with van der Waals surface area (Å²) in [6.07, 6.45) is 7.49. The standard InChI is InChI=1S/C24H32N2O2S/c1-17-2-4-21(5-3-17)29-16-22(27)25-6-8-26(9-7-25)23(28)24-13-18-10-19(14-24)12-20(11-18)15-24/h2-5,18-20H,6-16H2,1H3. The summed E-state index contributed by atoms with van der Waals surface area (Å²) in [5.74, 6) is 3.48. The van der Waals surface area contributed by atoms with Gasteiger partial charge in [-0.3, -0.25) is 9.59 Å². The van der Waals surface area contributed by atoms with E-state index >= 15 is 0 Å². The average molecular weight is 413 g/mol. The van der Waals surface area contributed by atoms with Crippen LogP contribution in [0.1, 0.15) is 44.1 Å². The molecule has 1 saturated heterocycles. The van der Waals surface area contributed by atoms with Crippen molar-refractivity contribution in [2.24, 2.45) is 23.2 Å². The van der Waals surface area contributed by atoms with Crippen molar-refractivity contribution in [2.45, 2.75) is 50.3 Å². The van der Waals surface area contributed by atoms with Gasteiger partial charge in [0.15, 0.2) is 0 Å². The Balaban J connectivity index is 1.14. The van der Waals surface area contributed by atoms with Gasteiger partial charge in [-0.15, -0.1) is 11.8 Å². The van der Waals surface area contributed by atoms with Crippen molar-refractivity contribution in [2.75, 3.05) is 31.9 Å². The van der Waals surface area contributed by atoms with Crippen molar-refractivity contribution in [1.82, 2.24) is 9.80 Å². The lowest BCUT2D eigenvalue weighted by atomic mass is 9.49. The summed E-state index contributed by atoms with van der Waals surface area (Å²) in [4.78, 5) is 31.3. The summed E-state index contributed by atoms with van der Waals surface area (Å²) in [6, 6.07) is 8.33. The fraction of sp³-hybridized carbons (Fsp3) is 0.667. The van der Waals surface area contributed by atoms with E-state index in [2.05, 4.69) is 36.1 Å². The highest BCUT2D eigenvalue weighted by Gasteiger charge is 2.55. The largest absolute Gasteiger partial charge is 0.339 e. The van der Waals surface area contributed by atoms with Gasteiger partial charge in [-0.2, -0.15) is 0 Å². The minimum atomic E-state index is -0.0534. The second-order valence-corrected chi connectivity index (χ2v) is 11.0. The molecule has 0 spiro atoms. The summed E-state index contributed by atoms with van der Waals surface area (Å²) in [7, 11) is 0. The zero-order valence-corrected chi connectivity index (χ0v) is 18.3. The van der Waals surface area contributed by atoms with Crippen LogP contribution in [0.4, 0.5) is 0 Å². The highest BCUT2D eigenvalue weighted by atomic mass is 32.2. The lowest BCUT2D eigenvalue weighted by molar-refractivity contribution is -0.160. The predicted octanol–water partition coefficient (Wildman–Crippen LogP) is 3.97. The fourth-order valence-electron chi connectivity index (χ4n) is 6.74. The van der Waals surface area contributed by atoms with Gasteiger partial charge in [0.25, 0.3) is 0 Å². The van der Waals surface area contributed by atoms with Gasteiger partial charge in [0.2, 0.25) is 11.8 Å².